The van der Waals surface area contributed by atoms with Gasteiger partial charge in [-0.25, -0.2) is 0 Å². The Morgan fingerprint density at radius 3 is 2.77 bits per heavy atom. The second kappa shape index (κ2) is 4.35. The summed E-state index contributed by atoms with van der Waals surface area (Å²) in [4.78, 5) is 1.83. The number of nitrogens with zero attached hydrogens (tertiary/aromatic N) is 1. The van der Waals surface area contributed by atoms with Crippen molar-refractivity contribution in [2.45, 2.75) is 0 Å². The van der Waals surface area contributed by atoms with E-state index in [0.717, 1.165) is 5.69 Å². The van der Waals surface area contributed by atoms with Crippen LogP contribution < -0.4 is 10.6 Å². The molecule has 0 heterocycles. The zero-order chi connectivity index (χ0) is 9.84. The number of hydrogen-bond donors (Lipinski definition) is 2. The minimum atomic E-state index is 0.0845. The molecule has 0 aliphatic carbocycles. The molecule has 1 rings (SSSR count). The van der Waals surface area contributed by atoms with Crippen LogP contribution in [0, 0.1) is 0 Å². The summed E-state index contributed by atoms with van der Waals surface area (Å²) in [6.45, 7) is 0.606. The number of nitrogens with two attached hydrogens (primary N) is 1. The van der Waals surface area contributed by atoms with Crippen molar-refractivity contribution in [2.24, 2.45) is 0 Å². The molecule has 72 valence electrons. The average Bonchev–Trinajstić information content (AvgIpc) is 2.04. The highest BCUT2D eigenvalue weighted by molar-refractivity contribution is 6.33. The number of nitrogen functional groups attached to an aromatic ring is 1. The molecule has 0 amide bonds. The molecule has 0 bridgehead atoms. The Balaban J connectivity index is 2.98. The lowest BCUT2D eigenvalue weighted by molar-refractivity contribution is 0.304. The van der Waals surface area contributed by atoms with Gasteiger partial charge in [0.2, 0.25) is 0 Å². The topological polar surface area (TPSA) is 49.5 Å². The van der Waals surface area contributed by atoms with Gasteiger partial charge in [0.25, 0.3) is 0 Å². The van der Waals surface area contributed by atoms with Crippen molar-refractivity contribution >= 4 is 23.0 Å². The molecule has 1 aromatic carbocycles. The largest absolute Gasteiger partial charge is 0.397 e. The molecule has 13 heavy (non-hydrogen) atoms. The number of aliphatic hydroxyl groups excluding tert-OH is 1. The summed E-state index contributed by atoms with van der Waals surface area (Å²) >= 11 is 5.96. The van der Waals surface area contributed by atoms with E-state index < -0.39 is 0 Å². The number of anilines is 2. The lowest BCUT2D eigenvalue weighted by Crippen LogP contribution is -2.22. The van der Waals surface area contributed by atoms with Crippen molar-refractivity contribution in [2.75, 3.05) is 30.8 Å². The molecule has 0 saturated heterocycles. The Morgan fingerprint density at radius 1 is 1.54 bits per heavy atom. The summed E-state index contributed by atoms with van der Waals surface area (Å²) in [6, 6.07) is 5.37. The van der Waals surface area contributed by atoms with Crippen LogP contribution in [0.15, 0.2) is 18.2 Å². The van der Waals surface area contributed by atoms with Crippen LogP contribution in [0.3, 0.4) is 0 Å². The van der Waals surface area contributed by atoms with E-state index in [2.05, 4.69) is 0 Å². The minimum absolute atomic E-state index is 0.0845. The monoisotopic (exact) mass is 200 g/mol. The molecule has 3 N–H and O–H groups in total. The standard InChI is InChI=1S/C9H13ClN2O/c1-12(5-6-13)9-7(10)3-2-4-8(9)11/h2-4,13H,5-6,11H2,1H3. The third-order valence-electron chi connectivity index (χ3n) is 1.84. The van der Waals surface area contributed by atoms with Gasteiger partial charge in [0.1, 0.15) is 0 Å². The lowest BCUT2D eigenvalue weighted by Gasteiger charge is -2.20. The zero-order valence-corrected chi connectivity index (χ0v) is 8.25. The second-order valence-corrected chi connectivity index (χ2v) is 3.23. The third kappa shape index (κ3) is 2.26. The van der Waals surface area contributed by atoms with Crippen LogP contribution in [0.1, 0.15) is 0 Å². The van der Waals surface area contributed by atoms with Crippen LogP contribution in [0.2, 0.25) is 5.02 Å². The van der Waals surface area contributed by atoms with Gasteiger partial charge in [-0.15, -0.1) is 0 Å². The molecule has 0 fully saturated rings. The fraction of sp³-hybridized carbons (Fsp3) is 0.333. The predicted octanol–water partition coefficient (Wildman–Crippen LogP) is 1.35. The first-order valence-corrected chi connectivity index (χ1v) is 4.40. The number of aliphatic hydroxyl groups is 1. The predicted molar refractivity (Wildman–Crippen MR) is 56.2 cm³/mol. The Morgan fingerprint density at radius 2 is 2.23 bits per heavy atom. The summed E-state index contributed by atoms with van der Waals surface area (Å²) in [6.07, 6.45) is 0. The molecule has 0 aliphatic rings. The summed E-state index contributed by atoms with van der Waals surface area (Å²) in [5, 5.41) is 9.36. The average molecular weight is 201 g/mol. The van der Waals surface area contributed by atoms with Crippen LogP contribution in [0.4, 0.5) is 11.4 Å². The zero-order valence-electron chi connectivity index (χ0n) is 7.50. The van der Waals surface area contributed by atoms with Crippen molar-refractivity contribution in [3.8, 4) is 0 Å². The van der Waals surface area contributed by atoms with Crippen molar-refractivity contribution in [1.29, 1.82) is 0 Å². The van der Waals surface area contributed by atoms with Gasteiger partial charge in [-0.05, 0) is 12.1 Å². The van der Waals surface area contributed by atoms with Crippen LogP contribution in [-0.2, 0) is 0 Å². The molecule has 0 aromatic heterocycles. The van der Waals surface area contributed by atoms with E-state index in [1.807, 2.05) is 11.9 Å². The first-order chi connectivity index (χ1) is 6.16. The van der Waals surface area contributed by atoms with Crippen molar-refractivity contribution in [3.05, 3.63) is 23.2 Å². The summed E-state index contributed by atoms with van der Waals surface area (Å²) in [5.74, 6) is 0. The number of likely N-dealkylation sites (N-methyl/N-ethyl adjacent to an activating group) is 1. The highest BCUT2D eigenvalue weighted by Crippen LogP contribution is 2.30. The highest BCUT2D eigenvalue weighted by atomic mass is 35.5. The Hall–Kier alpha value is -0.930. The maximum absolute atomic E-state index is 8.75. The van der Waals surface area contributed by atoms with Gasteiger partial charge in [0.15, 0.2) is 0 Å². The Bertz CT molecular complexity index is 271. The number of rotatable bonds is 3. The molecular formula is C9H13ClN2O. The van der Waals surface area contributed by atoms with Crippen LogP contribution in [0.25, 0.3) is 0 Å². The number of benzene rings is 1. The lowest BCUT2D eigenvalue weighted by atomic mass is 10.2. The fourth-order valence-electron chi connectivity index (χ4n) is 1.20. The molecule has 0 saturated carbocycles. The third-order valence-corrected chi connectivity index (χ3v) is 2.14. The van der Waals surface area contributed by atoms with Gasteiger partial charge in [-0.1, -0.05) is 17.7 Å². The number of hydrogen-bond acceptors (Lipinski definition) is 3. The van der Waals surface area contributed by atoms with E-state index in [4.69, 9.17) is 22.4 Å². The van der Waals surface area contributed by atoms with Crippen molar-refractivity contribution in [3.63, 3.8) is 0 Å². The molecule has 4 heteroatoms. The molecule has 0 atom stereocenters. The Kier molecular flexibility index (Phi) is 3.39. The van der Waals surface area contributed by atoms with Gasteiger partial charge in [-0.3, -0.25) is 0 Å². The molecular weight excluding hydrogens is 188 g/mol. The Labute approximate surface area is 82.7 Å². The summed E-state index contributed by atoms with van der Waals surface area (Å²) < 4.78 is 0. The normalized spacial score (nSPS) is 10.1. The molecule has 0 aliphatic heterocycles. The van der Waals surface area contributed by atoms with E-state index >= 15 is 0 Å². The first-order valence-electron chi connectivity index (χ1n) is 4.02. The van der Waals surface area contributed by atoms with E-state index in [1.165, 1.54) is 0 Å². The van der Waals surface area contributed by atoms with E-state index in [9.17, 15) is 0 Å². The molecule has 0 unspecified atom stereocenters. The van der Waals surface area contributed by atoms with E-state index in [1.54, 1.807) is 18.2 Å². The smallest absolute Gasteiger partial charge is 0.0787 e. The summed E-state index contributed by atoms with van der Waals surface area (Å²) in [5.41, 5.74) is 7.15. The van der Waals surface area contributed by atoms with Gasteiger partial charge in [0.05, 0.1) is 23.0 Å². The van der Waals surface area contributed by atoms with Gasteiger partial charge >= 0.3 is 0 Å². The van der Waals surface area contributed by atoms with Crippen LogP contribution >= 0.6 is 11.6 Å². The second-order valence-electron chi connectivity index (χ2n) is 2.82. The van der Waals surface area contributed by atoms with Gasteiger partial charge in [0, 0.05) is 13.6 Å². The maximum Gasteiger partial charge on any atom is 0.0787 e. The summed E-state index contributed by atoms with van der Waals surface area (Å²) in [7, 11) is 1.84. The quantitative estimate of drug-likeness (QED) is 0.725. The number of halogens is 1. The first kappa shape index (κ1) is 10.2. The number of para-hydroxylation sites is 1. The van der Waals surface area contributed by atoms with Crippen molar-refractivity contribution in [1.82, 2.24) is 0 Å². The van der Waals surface area contributed by atoms with Gasteiger partial charge in [-0.2, -0.15) is 0 Å². The molecule has 0 radical (unpaired) electrons. The van der Waals surface area contributed by atoms with E-state index in [0.29, 0.717) is 17.3 Å². The maximum atomic E-state index is 8.75. The van der Waals surface area contributed by atoms with Crippen LogP contribution in [0.5, 0.6) is 0 Å². The fourth-order valence-corrected chi connectivity index (χ4v) is 1.52. The van der Waals surface area contributed by atoms with Crippen LogP contribution in [-0.4, -0.2) is 25.3 Å². The molecule has 3 nitrogen and oxygen atoms in total. The minimum Gasteiger partial charge on any atom is -0.397 e. The highest BCUT2D eigenvalue weighted by Gasteiger charge is 2.08. The molecule has 1 aromatic rings. The molecule has 0 spiro atoms. The SMILES string of the molecule is CN(CCO)c1c(N)cccc1Cl. The van der Waals surface area contributed by atoms with Crippen molar-refractivity contribution < 1.29 is 5.11 Å². The van der Waals surface area contributed by atoms with E-state index in [-0.39, 0.29) is 6.61 Å². The van der Waals surface area contributed by atoms with Gasteiger partial charge < -0.3 is 15.7 Å².